The minimum absolute atomic E-state index is 0.818. The number of nitrogen functional groups attached to an aromatic ring is 1. The Labute approximate surface area is 97.9 Å². The van der Waals surface area contributed by atoms with Crippen LogP contribution in [0.15, 0.2) is 48.0 Å². The number of hydrogen-bond donors (Lipinski definition) is 1. The van der Waals surface area contributed by atoms with Crippen molar-refractivity contribution in [2.24, 2.45) is 0 Å². The van der Waals surface area contributed by atoms with Crippen molar-refractivity contribution in [1.29, 1.82) is 0 Å². The van der Waals surface area contributed by atoms with Gasteiger partial charge in [0.2, 0.25) is 0 Å². The van der Waals surface area contributed by atoms with Crippen LogP contribution in [-0.2, 0) is 6.54 Å². The van der Waals surface area contributed by atoms with Crippen molar-refractivity contribution in [2.75, 3.05) is 5.73 Å². The number of hydrogen-bond acceptors (Lipinski definition) is 2. The molecule has 3 rings (SSSR count). The Hall–Kier alpha value is -1.74. The zero-order chi connectivity index (χ0) is 11.0. The van der Waals surface area contributed by atoms with E-state index in [1.54, 1.807) is 11.3 Å². The molecule has 80 valence electrons. The second-order valence-corrected chi connectivity index (χ2v) is 4.87. The largest absolute Gasteiger partial charge is 0.399 e. The van der Waals surface area contributed by atoms with E-state index in [9.17, 15) is 0 Å². The number of nitrogens with two attached hydrogens (primary N) is 1. The van der Waals surface area contributed by atoms with Gasteiger partial charge in [-0.05, 0) is 35.0 Å². The number of anilines is 1. The third-order valence-electron chi connectivity index (χ3n) is 2.70. The maximum absolute atomic E-state index is 5.81. The van der Waals surface area contributed by atoms with Gasteiger partial charge in [-0.3, -0.25) is 0 Å². The molecule has 0 aliphatic carbocycles. The van der Waals surface area contributed by atoms with E-state index in [0.29, 0.717) is 0 Å². The highest BCUT2D eigenvalue weighted by atomic mass is 32.1. The first-order valence-corrected chi connectivity index (χ1v) is 6.08. The van der Waals surface area contributed by atoms with Gasteiger partial charge >= 0.3 is 0 Å². The normalized spacial score (nSPS) is 11.0. The van der Waals surface area contributed by atoms with Gasteiger partial charge in [0, 0.05) is 16.8 Å². The molecule has 0 unspecified atom stereocenters. The number of thiophene rings is 1. The fourth-order valence-electron chi connectivity index (χ4n) is 1.91. The molecule has 0 aliphatic rings. The van der Waals surface area contributed by atoms with E-state index in [0.717, 1.165) is 12.2 Å². The third-order valence-corrected chi connectivity index (χ3v) is 3.57. The van der Waals surface area contributed by atoms with Gasteiger partial charge in [0.1, 0.15) is 0 Å². The van der Waals surface area contributed by atoms with Gasteiger partial charge < -0.3 is 10.3 Å². The van der Waals surface area contributed by atoms with Crippen LogP contribution < -0.4 is 5.73 Å². The Kier molecular flexibility index (Phi) is 2.18. The molecule has 0 bridgehead atoms. The minimum atomic E-state index is 0.818. The van der Waals surface area contributed by atoms with E-state index < -0.39 is 0 Å². The summed E-state index contributed by atoms with van der Waals surface area (Å²) in [6, 6.07) is 12.4. The summed E-state index contributed by atoms with van der Waals surface area (Å²) in [6.07, 6.45) is 2.11. The fourth-order valence-corrected chi connectivity index (χ4v) is 2.61. The molecule has 0 spiro atoms. The topological polar surface area (TPSA) is 30.9 Å². The fraction of sp³-hybridized carbons (Fsp3) is 0.0769. The van der Waals surface area contributed by atoms with Crippen molar-refractivity contribution in [2.45, 2.75) is 6.54 Å². The van der Waals surface area contributed by atoms with Crippen molar-refractivity contribution in [3.05, 3.63) is 52.9 Å². The van der Waals surface area contributed by atoms with Crippen LogP contribution >= 0.6 is 11.3 Å². The monoisotopic (exact) mass is 228 g/mol. The molecule has 3 heteroatoms. The highest BCUT2D eigenvalue weighted by Crippen LogP contribution is 2.21. The lowest BCUT2D eigenvalue weighted by Gasteiger charge is -2.03. The van der Waals surface area contributed by atoms with E-state index in [-0.39, 0.29) is 0 Å². The van der Waals surface area contributed by atoms with Crippen LogP contribution in [-0.4, -0.2) is 4.57 Å². The smallest absolute Gasteiger partial charge is 0.0569 e. The van der Waals surface area contributed by atoms with E-state index in [4.69, 9.17) is 5.73 Å². The molecule has 0 fully saturated rings. The molecular formula is C13H12N2S. The van der Waals surface area contributed by atoms with Gasteiger partial charge in [-0.1, -0.05) is 12.1 Å². The summed E-state index contributed by atoms with van der Waals surface area (Å²) in [6.45, 7) is 0.921. The average molecular weight is 228 g/mol. The number of nitrogens with zero attached hydrogens (tertiary/aromatic N) is 1. The first-order valence-electron chi connectivity index (χ1n) is 5.20. The maximum atomic E-state index is 5.81. The molecule has 16 heavy (non-hydrogen) atoms. The van der Waals surface area contributed by atoms with Crippen LogP contribution in [0.2, 0.25) is 0 Å². The average Bonchev–Trinajstić information content (AvgIpc) is 2.90. The lowest BCUT2D eigenvalue weighted by molar-refractivity contribution is 0.852. The summed E-state index contributed by atoms with van der Waals surface area (Å²) in [5.41, 5.74) is 7.84. The molecule has 0 atom stereocenters. The molecule has 0 saturated carbocycles. The third kappa shape index (κ3) is 1.59. The van der Waals surface area contributed by atoms with Crippen LogP contribution in [0, 0.1) is 0 Å². The molecule has 3 aromatic rings. The van der Waals surface area contributed by atoms with Gasteiger partial charge in [0.15, 0.2) is 0 Å². The van der Waals surface area contributed by atoms with Crippen LogP contribution in [0.25, 0.3) is 10.9 Å². The van der Waals surface area contributed by atoms with Crippen LogP contribution in [0.5, 0.6) is 0 Å². The maximum Gasteiger partial charge on any atom is 0.0569 e. The predicted molar refractivity (Wildman–Crippen MR) is 69.8 cm³/mol. The molecule has 2 aromatic heterocycles. The van der Waals surface area contributed by atoms with Crippen molar-refractivity contribution < 1.29 is 0 Å². The summed E-state index contributed by atoms with van der Waals surface area (Å²) in [7, 11) is 0. The summed E-state index contributed by atoms with van der Waals surface area (Å²) in [5, 5.41) is 3.35. The van der Waals surface area contributed by atoms with Crippen LogP contribution in [0.3, 0.4) is 0 Å². The van der Waals surface area contributed by atoms with E-state index in [2.05, 4.69) is 40.4 Å². The number of benzene rings is 1. The van der Waals surface area contributed by atoms with E-state index >= 15 is 0 Å². The van der Waals surface area contributed by atoms with Crippen molar-refractivity contribution in [3.8, 4) is 0 Å². The highest BCUT2D eigenvalue weighted by Gasteiger charge is 2.02. The van der Waals surface area contributed by atoms with Crippen molar-refractivity contribution in [3.63, 3.8) is 0 Å². The predicted octanol–water partition coefficient (Wildman–Crippen LogP) is 3.33. The second-order valence-electron chi connectivity index (χ2n) is 3.84. The van der Waals surface area contributed by atoms with Gasteiger partial charge in [-0.2, -0.15) is 0 Å². The molecular weight excluding hydrogens is 216 g/mol. The van der Waals surface area contributed by atoms with Gasteiger partial charge in [-0.25, -0.2) is 0 Å². The summed E-state index contributed by atoms with van der Waals surface area (Å²) in [4.78, 5) is 1.36. The lowest BCUT2D eigenvalue weighted by atomic mass is 10.2. The molecule has 2 nitrogen and oxygen atoms in total. The van der Waals surface area contributed by atoms with E-state index in [1.807, 2.05) is 12.1 Å². The molecule has 0 radical (unpaired) electrons. The highest BCUT2D eigenvalue weighted by molar-refractivity contribution is 7.09. The second kappa shape index (κ2) is 3.68. The summed E-state index contributed by atoms with van der Waals surface area (Å²) >= 11 is 1.78. The molecule has 2 N–H and O–H groups in total. The SMILES string of the molecule is Nc1ccc2ccn(Cc3cccs3)c2c1. The van der Waals surface area contributed by atoms with Gasteiger partial charge in [0.05, 0.1) is 12.1 Å². The first-order chi connectivity index (χ1) is 7.83. The Morgan fingerprint density at radius 1 is 1.19 bits per heavy atom. The zero-order valence-corrected chi connectivity index (χ0v) is 9.58. The van der Waals surface area contributed by atoms with Gasteiger partial charge in [0.25, 0.3) is 0 Å². The van der Waals surface area contributed by atoms with Crippen molar-refractivity contribution >= 4 is 27.9 Å². The summed E-state index contributed by atoms with van der Waals surface area (Å²) < 4.78 is 2.23. The quantitative estimate of drug-likeness (QED) is 0.670. The van der Waals surface area contributed by atoms with E-state index in [1.165, 1.54) is 15.8 Å². The molecule has 0 aliphatic heterocycles. The van der Waals surface area contributed by atoms with Crippen LogP contribution in [0.4, 0.5) is 5.69 Å². The zero-order valence-electron chi connectivity index (χ0n) is 8.76. The molecule has 0 saturated heterocycles. The van der Waals surface area contributed by atoms with Gasteiger partial charge in [-0.15, -0.1) is 11.3 Å². The molecule has 1 aromatic carbocycles. The van der Waals surface area contributed by atoms with Crippen molar-refractivity contribution in [1.82, 2.24) is 4.57 Å². The number of rotatable bonds is 2. The number of aromatic nitrogens is 1. The summed E-state index contributed by atoms with van der Waals surface area (Å²) in [5.74, 6) is 0. The Bertz CT molecular complexity index is 608. The Balaban J connectivity index is 2.07. The standard InChI is InChI=1S/C13H12N2S/c14-11-4-3-10-5-6-15(13(10)8-11)9-12-2-1-7-16-12/h1-8H,9,14H2. The Morgan fingerprint density at radius 2 is 2.12 bits per heavy atom. The lowest BCUT2D eigenvalue weighted by Crippen LogP contribution is -1.95. The Morgan fingerprint density at radius 3 is 2.94 bits per heavy atom. The number of fused-ring (bicyclic) bond motifs is 1. The molecule has 2 heterocycles. The molecule has 0 amide bonds. The first kappa shape index (κ1) is 9.48. The van der Waals surface area contributed by atoms with Crippen LogP contribution in [0.1, 0.15) is 4.88 Å². The minimum Gasteiger partial charge on any atom is -0.399 e.